The highest BCUT2D eigenvalue weighted by atomic mass is 32.1. The third-order valence-corrected chi connectivity index (χ3v) is 6.23. The summed E-state index contributed by atoms with van der Waals surface area (Å²) in [5.74, 6) is -0.461. The van der Waals surface area contributed by atoms with Gasteiger partial charge in [0.25, 0.3) is 0 Å². The summed E-state index contributed by atoms with van der Waals surface area (Å²) in [4.78, 5) is 32.8. The minimum absolute atomic E-state index is 0.0386. The quantitative estimate of drug-likeness (QED) is 0.676. The highest BCUT2D eigenvalue weighted by Gasteiger charge is 2.26. The lowest BCUT2D eigenvalue weighted by Gasteiger charge is -2.38. The maximum Gasteiger partial charge on any atom is 0.248 e. The second-order valence-corrected chi connectivity index (χ2v) is 8.12. The molecular formula is C21H23N5O2S. The predicted molar refractivity (Wildman–Crippen MR) is 116 cm³/mol. The second-order valence-electron chi connectivity index (χ2n) is 7.09. The monoisotopic (exact) mass is 409 g/mol. The number of nitrogens with two attached hydrogens (primary N) is 1. The number of benzene rings is 2. The Morgan fingerprint density at radius 1 is 1.07 bits per heavy atom. The van der Waals surface area contributed by atoms with Crippen molar-refractivity contribution < 1.29 is 9.59 Å². The molecule has 4 rings (SSSR count). The van der Waals surface area contributed by atoms with Crippen LogP contribution in [0.15, 0.2) is 48.5 Å². The average Bonchev–Trinajstić information content (AvgIpc) is 3.15. The van der Waals surface area contributed by atoms with E-state index in [9.17, 15) is 9.59 Å². The van der Waals surface area contributed by atoms with Gasteiger partial charge < -0.3 is 16.0 Å². The number of carbonyl (C=O) groups is 2. The third kappa shape index (κ3) is 4.23. The molecule has 1 aromatic heterocycles. The summed E-state index contributed by atoms with van der Waals surface area (Å²) in [6.07, 6.45) is 0. The maximum atomic E-state index is 12.7. The highest BCUT2D eigenvalue weighted by Crippen LogP contribution is 2.26. The average molecular weight is 410 g/mol. The molecule has 1 aliphatic rings. The van der Waals surface area contributed by atoms with E-state index in [1.54, 1.807) is 12.1 Å². The molecule has 1 aliphatic heterocycles. The Hall–Kier alpha value is -2.97. The van der Waals surface area contributed by atoms with Crippen LogP contribution in [0, 0.1) is 0 Å². The van der Waals surface area contributed by atoms with Crippen LogP contribution in [0.3, 0.4) is 0 Å². The standard InChI is InChI=1S/C21H23N5O2S/c1-14(20(28)24-21-23-17-4-2-3-5-18(17)29-21)25-10-12-26(13-11-25)16-8-6-15(7-9-16)19(22)27/h2-9,14H,10-13H2,1H3,(H2,22,27)(H,23,24,28). The van der Waals surface area contributed by atoms with Crippen LogP contribution in [-0.2, 0) is 4.79 Å². The second kappa shape index (κ2) is 8.18. The van der Waals surface area contributed by atoms with E-state index in [-0.39, 0.29) is 11.9 Å². The zero-order valence-electron chi connectivity index (χ0n) is 16.2. The van der Waals surface area contributed by atoms with Gasteiger partial charge in [0.05, 0.1) is 16.3 Å². The first-order valence-corrected chi connectivity index (χ1v) is 10.4. The largest absolute Gasteiger partial charge is 0.369 e. The lowest BCUT2D eigenvalue weighted by Crippen LogP contribution is -2.52. The van der Waals surface area contributed by atoms with Crippen LogP contribution >= 0.6 is 11.3 Å². The van der Waals surface area contributed by atoms with Gasteiger partial charge in [-0.05, 0) is 43.3 Å². The summed E-state index contributed by atoms with van der Waals surface area (Å²) in [7, 11) is 0. The zero-order valence-corrected chi connectivity index (χ0v) is 17.0. The minimum Gasteiger partial charge on any atom is -0.369 e. The maximum absolute atomic E-state index is 12.7. The number of amides is 2. The van der Waals surface area contributed by atoms with Crippen molar-refractivity contribution in [2.75, 3.05) is 36.4 Å². The number of rotatable bonds is 5. The molecule has 8 heteroatoms. The number of anilines is 2. The number of piperazine rings is 1. The predicted octanol–water partition coefficient (Wildman–Crippen LogP) is 2.54. The molecule has 1 saturated heterocycles. The van der Waals surface area contributed by atoms with Crippen LogP contribution in [0.2, 0.25) is 0 Å². The van der Waals surface area contributed by atoms with Gasteiger partial charge in [0.15, 0.2) is 5.13 Å². The lowest BCUT2D eigenvalue weighted by molar-refractivity contribution is -0.120. The first kappa shape index (κ1) is 19.4. The Kier molecular flexibility index (Phi) is 5.46. The van der Waals surface area contributed by atoms with Gasteiger partial charge in [-0.1, -0.05) is 23.5 Å². The first-order valence-electron chi connectivity index (χ1n) is 9.56. The molecule has 1 atom stereocenters. The molecule has 0 bridgehead atoms. The fourth-order valence-corrected chi connectivity index (χ4v) is 4.37. The van der Waals surface area contributed by atoms with Crippen molar-refractivity contribution in [2.45, 2.75) is 13.0 Å². The van der Waals surface area contributed by atoms with Crippen molar-refractivity contribution in [3.63, 3.8) is 0 Å². The lowest BCUT2D eigenvalue weighted by atomic mass is 10.1. The number of para-hydroxylation sites is 1. The van der Waals surface area contributed by atoms with E-state index in [0.29, 0.717) is 10.7 Å². The molecule has 7 nitrogen and oxygen atoms in total. The number of thiazole rings is 1. The van der Waals surface area contributed by atoms with Crippen molar-refractivity contribution in [1.82, 2.24) is 9.88 Å². The fourth-order valence-electron chi connectivity index (χ4n) is 3.51. The number of hydrogen-bond acceptors (Lipinski definition) is 6. The molecule has 0 saturated carbocycles. The summed E-state index contributed by atoms with van der Waals surface area (Å²) in [5.41, 5.74) is 7.76. The van der Waals surface area contributed by atoms with Crippen LogP contribution in [0.4, 0.5) is 10.8 Å². The van der Waals surface area contributed by atoms with Gasteiger partial charge in [0, 0.05) is 37.4 Å². The third-order valence-electron chi connectivity index (χ3n) is 5.28. The van der Waals surface area contributed by atoms with Crippen LogP contribution in [-0.4, -0.2) is 53.9 Å². The van der Waals surface area contributed by atoms with Crippen molar-refractivity contribution in [3.05, 3.63) is 54.1 Å². The fraction of sp³-hybridized carbons (Fsp3) is 0.286. The molecule has 0 spiro atoms. The van der Waals surface area contributed by atoms with E-state index in [4.69, 9.17) is 5.73 Å². The minimum atomic E-state index is -0.422. The number of nitrogens with zero attached hydrogens (tertiary/aromatic N) is 3. The van der Waals surface area contributed by atoms with E-state index in [0.717, 1.165) is 42.1 Å². The van der Waals surface area contributed by atoms with Gasteiger partial charge in [-0.2, -0.15) is 0 Å². The Morgan fingerprint density at radius 2 is 1.76 bits per heavy atom. The molecule has 1 fully saturated rings. The van der Waals surface area contributed by atoms with Crippen molar-refractivity contribution in [1.29, 1.82) is 0 Å². The number of aromatic nitrogens is 1. The number of nitrogens with one attached hydrogen (secondary N) is 1. The van der Waals surface area contributed by atoms with Crippen LogP contribution < -0.4 is 16.0 Å². The number of hydrogen-bond donors (Lipinski definition) is 2. The van der Waals surface area contributed by atoms with Crippen LogP contribution in [0.1, 0.15) is 17.3 Å². The van der Waals surface area contributed by atoms with Gasteiger partial charge in [-0.15, -0.1) is 0 Å². The van der Waals surface area contributed by atoms with Crippen molar-refractivity contribution in [2.24, 2.45) is 5.73 Å². The van der Waals surface area contributed by atoms with Crippen LogP contribution in [0.5, 0.6) is 0 Å². The molecule has 3 N–H and O–H groups in total. The Labute approximate surface area is 173 Å². The summed E-state index contributed by atoms with van der Waals surface area (Å²) in [5, 5.41) is 3.59. The molecule has 0 radical (unpaired) electrons. The Balaban J connectivity index is 1.33. The first-order chi connectivity index (χ1) is 14.0. The summed E-state index contributed by atoms with van der Waals surface area (Å²) < 4.78 is 1.06. The van der Waals surface area contributed by atoms with Gasteiger partial charge >= 0.3 is 0 Å². The summed E-state index contributed by atoms with van der Waals surface area (Å²) in [6.45, 7) is 5.13. The normalized spacial score (nSPS) is 16.0. The van der Waals surface area contributed by atoms with Crippen LogP contribution in [0.25, 0.3) is 10.2 Å². The van der Waals surface area contributed by atoms with Gasteiger partial charge in [-0.25, -0.2) is 4.98 Å². The molecule has 29 heavy (non-hydrogen) atoms. The Morgan fingerprint density at radius 3 is 2.41 bits per heavy atom. The molecule has 2 heterocycles. The topological polar surface area (TPSA) is 91.6 Å². The van der Waals surface area contributed by atoms with E-state index >= 15 is 0 Å². The number of primary amides is 1. The number of carbonyl (C=O) groups excluding carboxylic acids is 2. The molecule has 2 amide bonds. The van der Waals surface area contributed by atoms with E-state index < -0.39 is 5.91 Å². The molecule has 2 aromatic carbocycles. The molecule has 1 unspecified atom stereocenters. The summed E-state index contributed by atoms with van der Waals surface area (Å²) >= 11 is 1.49. The zero-order chi connectivity index (χ0) is 20.4. The smallest absolute Gasteiger partial charge is 0.248 e. The van der Waals surface area contributed by atoms with Gasteiger partial charge in [-0.3, -0.25) is 14.5 Å². The summed E-state index contributed by atoms with van der Waals surface area (Å²) in [6, 6.07) is 14.9. The van der Waals surface area contributed by atoms with E-state index in [1.165, 1.54) is 11.3 Å². The Bertz CT molecular complexity index is 992. The van der Waals surface area contributed by atoms with E-state index in [2.05, 4.69) is 20.1 Å². The van der Waals surface area contributed by atoms with Gasteiger partial charge in [0.2, 0.25) is 11.8 Å². The molecule has 150 valence electrons. The van der Waals surface area contributed by atoms with Crippen molar-refractivity contribution in [3.8, 4) is 0 Å². The molecule has 0 aliphatic carbocycles. The van der Waals surface area contributed by atoms with E-state index in [1.807, 2.05) is 43.3 Å². The molecule has 3 aromatic rings. The van der Waals surface area contributed by atoms with Gasteiger partial charge in [0.1, 0.15) is 0 Å². The molecular weight excluding hydrogens is 386 g/mol. The highest BCUT2D eigenvalue weighted by molar-refractivity contribution is 7.22. The SMILES string of the molecule is CC(C(=O)Nc1nc2ccccc2s1)N1CCN(c2ccc(C(N)=O)cc2)CC1. The number of fused-ring (bicyclic) bond motifs is 1. The van der Waals surface area contributed by atoms with Crippen molar-refractivity contribution >= 4 is 44.2 Å².